The van der Waals surface area contributed by atoms with Crippen molar-refractivity contribution in [3.8, 4) is 5.75 Å². The summed E-state index contributed by atoms with van der Waals surface area (Å²) < 4.78 is 0. The Hall–Kier alpha value is -2.53. The standard InChI is InChI=1S/C17H14N2O2S/c1-11-6-8-12(9-7-11)10-15-16(21)19-17(22-15)18-13-4-2-3-5-14(13)20/h2-10,20H,1H3,(H,18,19,21)/b15-10+. The number of aliphatic imine (C=N–C) groups is 1. The molecule has 2 aromatic rings. The topological polar surface area (TPSA) is 61.7 Å². The third-order valence-corrected chi connectivity index (χ3v) is 4.04. The van der Waals surface area contributed by atoms with Gasteiger partial charge in [0.05, 0.1) is 4.91 Å². The lowest BCUT2D eigenvalue weighted by Gasteiger charge is -1.98. The van der Waals surface area contributed by atoms with E-state index >= 15 is 0 Å². The lowest BCUT2D eigenvalue weighted by Crippen LogP contribution is -2.19. The number of nitrogens with one attached hydrogen (secondary N) is 1. The molecule has 1 heterocycles. The first-order valence-corrected chi connectivity index (χ1v) is 7.58. The Morgan fingerprint density at radius 1 is 1.14 bits per heavy atom. The molecule has 0 radical (unpaired) electrons. The molecule has 2 N–H and O–H groups in total. The zero-order valence-corrected chi connectivity index (χ0v) is 12.7. The van der Waals surface area contributed by atoms with Gasteiger partial charge in [0.25, 0.3) is 5.91 Å². The summed E-state index contributed by atoms with van der Waals surface area (Å²) in [5, 5.41) is 12.9. The van der Waals surface area contributed by atoms with Crippen molar-refractivity contribution in [2.24, 2.45) is 4.99 Å². The van der Waals surface area contributed by atoms with Crippen LogP contribution in [0.2, 0.25) is 0 Å². The number of amidine groups is 1. The van der Waals surface area contributed by atoms with E-state index in [1.807, 2.05) is 37.3 Å². The van der Waals surface area contributed by atoms with Crippen molar-refractivity contribution in [2.75, 3.05) is 0 Å². The molecule has 0 spiro atoms. The van der Waals surface area contributed by atoms with Crippen LogP contribution in [-0.4, -0.2) is 16.2 Å². The number of hydrogen-bond acceptors (Lipinski definition) is 4. The SMILES string of the molecule is Cc1ccc(/C=C2/SC(=Nc3ccccc3O)NC2=O)cc1. The third-order valence-electron chi connectivity index (χ3n) is 3.13. The van der Waals surface area contributed by atoms with Gasteiger partial charge in [-0.05, 0) is 42.5 Å². The molecule has 0 aliphatic carbocycles. The van der Waals surface area contributed by atoms with E-state index in [1.54, 1.807) is 24.3 Å². The van der Waals surface area contributed by atoms with E-state index in [0.717, 1.165) is 5.56 Å². The molecule has 0 bridgehead atoms. The normalized spacial score (nSPS) is 18.0. The molecule has 1 saturated heterocycles. The van der Waals surface area contributed by atoms with E-state index in [4.69, 9.17) is 0 Å². The van der Waals surface area contributed by atoms with Crippen LogP contribution in [0.4, 0.5) is 5.69 Å². The summed E-state index contributed by atoms with van der Waals surface area (Å²) in [5.41, 5.74) is 2.57. The fourth-order valence-corrected chi connectivity index (χ4v) is 2.80. The molecule has 1 fully saturated rings. The van der Waals surface area contributed by atoms with Gasteiger partial charge in [-0.2, -0.15) is 0 Å². The first-order chi connectivity index (χ1) is 10.6. The summed E-state index contributed by atoms with van der Waals surface area (Å²) in [6.45, 7) is 2.02. The van der Waals surface area contributed by atoms with Gasteiger partial charge in [-0.15, -0.1) is 0 Å². The number of phenols is 1. The number of hydrogen-bond donors (Lipinski definition) is 2. The van der Waals surface area contributed by atoms with Crippen LogP contribution in [0.3, 0.4) is 0 Å². The zero-order chi connectivity index (χ0) is 15.5. The van der Waals surface area contributed by atoms with E-state index in [1.165, 1.54) is 17.3 Å². The minimum atomic E-state index is -0.181. The van der Waals surface area contributed by atoms with Crippen LogP contribution in [0, 0.1) is 6.92 Å². The quantitative estimate of drug-likeness (QED) is 0.833. The van der Waals surface area contributed by atoms with Crippen molar-refractivity contribution >= 4 is 34.6 Å². The molecule has 0 unspecified atom stereocenters. The number of rotatable bonds is 2. The number of thioether (sulfide) groups is 1. The number of benzene rings is 2. The van der Waals surface area contributed by atoms with Crippen molar-refractivity contribution < 1.29 is 9.90 Å². The van der Waals surface area contributed by atoms with Crippen LogP contribution in [0.1, 0.15) is 11.1 Å². The molecular weight excluding hydrogens is 296 g/mol. The monoisotopic (exact) mass is 310 g/mol. The Balaban J connectivity index is 1.84. The van der Waals surface area contributed by atoms with E-state index in [2.05, 4.69) is 10.3 Å². The Kier molecular flexibility index (Phi) is 3.98. The highest BCUT2D eigenvalue weighted by molar-refractivity contribution is 8.18. The van der Waals surface area contributed by atoms with Crippen LogP contribution in [0.25, 0.3) is 6.08 Å². The second-order valence-corrected chi connectivity index (χ2v) is 5.91. The van der Waals surface area contributed by atoms with Crippen molar-refractivity contribution in [2.45, 2.75) is 6.92 Å². The van der Waals surface area contributed by atoms with E-state index in [-0.39, 0.29) is 11.7 Å². The number of nitrogens with zero attached hydrogens (tertiary/aromatic N) is 1. The highest BCUT2D eigenvalue weighted by Crippen LogP contribution is 2.31. The Labute approximate surface area is 132 Å². The maximum atomic E-state index is 12.0. The molecule has 1 aliphatic heterocycles. The lowest BCUT2D eigenvalue weighted by molar-refractivity contribution is -0.115. The molecule has 22 heavy (non-hydrogen) atoms. The number of para-hydroxylation sites is 2. The predicted octanol–water partition coefficient (Wildman–Crippen LogP) is 3.59. The fraction of sp³-hybridized carbons (Fsp3) is 0.0588. The van der Waals surface area contributed by atoms with Gasteiger partial charge < -0.3 is 10.4 Å². The van der Waals surface area contributed by atoms with E-state index in [0.29, 0.717) is 15.8 Å². The average molecular weight is 310 g/mol. The summed E-state index contributed by atoms with van der Waals surface area (Å²) in [7, 11) is 0. The van der Waals surface area contributed by atoms with E-state index < -0.39 is 0 Å². The molecule has 3 rings (SSSR count). The van der Waals surface area contributed by atoms with Gasteiger partial charge in [-0.3, -0.25) is 4.79 Å². The number of aryl methyl sites for hydroxylation is 1. The summed E-state index contributed by atoms with van der Waals surface area (Å²) in [4.78, 5) is 16.8. The number of carbonyl (C=O) groups excluding carboxylic acids is 1. The summed E-state index contributed by atoms with van der Waals surface area (Å²) in [6.07, 6.45) is 1.83. The number of aromatic hydroxyl groups is 1. The predicted molar refractivity (Wildman–Crippen MR) is 90.1 cm³/mol. The highest BCUT2D eigenvalue weighted by Gasteiger charge is 2.23. The molecule has 5 heteroatoms. The molecule has 0 aromatic heterocycles. The molecule has 4 nitrogen and oxygen atoms in total. The molecule has 2 aromatic carbocycles. The molecular formula is C17H14N2O2S. The van der Waals surface area contributed by atoms with Crippen molar-refractivity contribution in [1.82, 2.24) is 5.32 Å². The minimum absolute atomic E-state index is 0.0841. The maximum Gasteiger partial charge on any atom is 0.264 e. The van der Waals surface area contributed by atoms with Crippen LogP contribution in [0.5, 0.6) is 5.75 Å². The van der Waals surface area contributed by atoms with Gasteiger partial charge in [-0.1, -0.05) is 42.0 Å². The van der Waals surface area contributed by atoms with Gasteiger partial charge in [-0.25, -0.2) is 4.99 Å². The number of phenolic OH excluding ortho intramolecular Hbond substituents is 1. The van der Waals surface area contributed by atoms with Crippen molar-refractivity contribution in [1.29, 1.82) is 0 Å². The second kappa shape index (κ2) is 6.07. The van der Waals surface area contributed by atoms with Gasteiger partial charge in [0, 0.05) is 0 Å². The largest absolute Gasteiger partial charge is 0.506 e. The van der Waals surface area contributed by atoms with Gasteiger partial charge >= 0.3 is 0 Å². The van der Waals surface area contributed by atoms with E-state index in [9.17, 15) is 9.90 Å². The van der Waals surface area contributed by atoms with Gasteiger partial charge in [0.2, 0.25) is 0 Å². The first-order valence-electron chi connectivity index (χ1n) is 6.76. The van der Waals surface area contributed by atoms with Gasteiger partial charge in [0.15, 0.2) is 5.17 Å². The van der Waals surface area contributed by atoms with Crippen LogP contribution < -0.4 is 5.32 Å². The van der Waals surface area contributed by atoms with Crippen molar-refractivity contribution in [3.05, 3.63) is 64.6 Å². The van der Waals surface area contributed by atoms with Crippen LogP contribution >= 0.6 is 11.8 Å². The van der Waals surface area contributed by atoms with Crippen LogP contribution in [0.15, 0.2) is 58.4 Å². The summed E-state index contributed by atoms with van der Waals surface area (Å²) in [5.74, 6) is -0.0967. The summed E-state index contributed by atoms with van der Waals surface area (Å²) >= 11 is 1.26. The molecule has 1 aliphatic rings. The summed E-state index contributed by atoms with van der Waals surface area (Å²) in [6, 6.07) is 14.7. The Morgan fingerprint density at radius 2 is 1.86 bits per heavy atom. The minimum Gasteiger partial charge on any atom is -0.506 e. The Bertz CT molecular complexity index is 780. The van der Waals surface area contributed by atoms with Crippen molar-refractivity contribution in [3.63, 3.8) is 0 Å². The third kappa shape index (κ3) is 3.20. The van der Waals surface area contributed by atoms with Gasteiger partial charge in [0.1, 0.15) is 11.4 Å². The zero-order valence-electron chi connectivity index (χ0n) is 11.9. The smallest absolute Gasteiger partial charge is 0.264 e. The molecule has 0 saturated carbocycles. The highest BCUT2D eigenvalue weighted by atomic mass is 32.2. The fourth-order valence-electron chi connectivity index (χ4n) is 1.96. The second-order valence-electron chi connectivity index (χ2n) is 4.88. The molecule has 110 valence electrons. The number of amides is 1. The molecule has 1 amide bonds. The van der Waals surface area contributed by atoms with Crippen LogP contribution in [-0.2, 0) is 4.79 Å². The maximum absolute atomic E-state index is 12.0. The Morgan fingerprint density at radius 3 is 2.59 bits per heavy atom. The molecule has 0 atom stereocenters. The average Bonchev–Trinajstić information content (AvgIpc) is 2.84. The number of carbonyl (C=O) groups is 1. The lowest BCUT2D eigenvalue weighted by atomic mass is 10.1. The first kappa shape index (κ1) is 14.4.